The molecule has 0 spiro atoms. The first-order chi connectivity index (χ1) is 7.58. The molecule has 0 unspecified atom stereocenters. The highest BCUT2D eigenvalue weighted by Gasteiger charge is 2.17. The zero-order valence-corrected chi connectivity index (χ0v) is 9.73. The summed E-state index contributed by atoms with van der Waals surface area (Å²) < 4.78 is 9.98. The van der Waals surface area contributed by atoms with Crippen LogP contribution in [0.25, 0.3) is 0 Å². The van der Waals surface area contributed by atoms with Gasteiger partial charge in [-0.1, -0.05) is 17.7 Å². The van der Waals surface area contributed by atoms with Crippen molar-refractivity contribution in [3.05, 3.63) is 38.9 Å². The first-order valence-corrected chi connectivity index (χ1v) is 4.94. The van der Waals surface area contributed by atoms with E-state index in [0.717, 1.165) is 0 Å². The van der Waals surface area contributed by atoms with Gasteiger partial charge in [-0.3, -0.25) is 10.1 Å². The minimum absolute atomic E-state index is 0.0217. The minimum Gasteiger partial charge on any atom is -0.356 e. The minimum atomic E-state index is -0.500. The maximum Gasteiger partial charge on any atom is 0.274 e. The lowest BCUT2D eigenvalue weighted by Crippen LogP contribution is -2.16. The van der Waals surface area contributed by atoms with E-state index >= 15 is 0 Å². The van der Waals surface area contributed by atoms with Crippen LogP contribution in [0.2, 0.25) is 5.02 Å². The zero-order chi connectivity index (χ0) is 12.1. The van der Waals surface area contributed by atoms with E-state index in [1.165, 1.54) is 20.3 Å². The predicted molar refractivity (Wildman–Crippen MR) is 59.6 cm³/mol. The van der Waals surface area contributed by atoms with Crippen LogP contribution in [0.4, 0.5) is 5.69 Å². The maximum absolute atomic E-state index is 10.8. The Labute approximate surface area is 98.1 Å². The molecule has 5 nitrogen and oxygen atoms in total. The number of benzene rings is 1. The molecule has 0 amide bonds. The van der Waals surface area contributed by atoms with Crippen LogP contribution in [0.3, 0.4) is 0 Å². The number of ether oxygens (including phenoxy) is 2. The largest absolute Gasteiger partial charge is 0.356 e. The van der Waals surface area contributed by atoms with Crippen molar-refractivity contribution in [3.8, 4) is 0 Å². The van der Waals surface area contributed by atoms with E-state index in [9.17, 15) is 10.1 Å². The Balaban J connectivity index is 2.98. The maximum atomic E-state index is 10.8. The van der Waals surface area contributed by atoms with Crippen molar-refractivity contribution in [2.24, 2.45) is 0 Å². The Morgan fingerprint density at radius 3 is 2.56 bits per heavy atom. The van der Waals surface area contributed by atoms with Crippen molar-refractivity contribution < 1.29 is 14.4 Å². The second-order valence-electron chi connectivity index (χ2n) is 3.14. The third-order valence-corrected chi connectivity index (χ3v) is 2.39. The number of nitro groups is 1. The second-order valence-corrected chi connectivity index (χ2v) is 3.57. The lowest BCUT2D eigenvalue weighted by atomic mass is 10.1. The summed E-state index contributed by atoms with van der Waals surface area (Å²) in [4.78, 5) is 10.3. The monoisotopic (exact) mass is 245 g/mol. The van der Waals surface area contributed by atoms with E-state index < -0.39 is 11.2 Å². The Bertz CT molecular complexity index is 379. The molecule has 0 bridgehead atoms. The molecule has 0 aromatic heterocycles. The van der Waals surface area contributed by atoms with Crippen LogP contribution >= 0.6 is 11.6 Å². The Hall–Kier alpha value is -1.17. The molecule has 0 atom stereocenters. The summed E-state index contributed by atoms with van der Waals surface area (Å²) in [6, 6.07) is 4.52. The van der Waals surface area contributed by atoms with Crippen LogP contribution in [0, 0.1) is 10.1 Å². The fraction of sp³-hybridized carbons (Fsp3) is 0.400. The molecule has 16 heavy (non-hydrogen) atoms. The Morgan fingerprint density at radius 2 is 2.06 bits per heavy atom. The van der Waals surface area contributed by atoms with Gasteiger partial charge in [-0.2, -0.15) is 0 Å². The zero-order valence-electron chi connectivity index (χ0n) is 8.97. The molecule has 0 saturated heterocycles. The summed E-state index contributed by atoms with van der Waals surface area (Å²) in [5, 5.41) is 11.1. The third-order valence-electron chi connectivity index (χ3n) is 2.16. The number of halogens is 1. The van der Waals surface area contributed by atoms with Gasteiger partial charge in [0.1, 0.15) is 0 Å². The van der Waals surface area contributed by atoms with E-state index in [1.807, 2.05) is 0 Å². The lowest BCUT2D eigenvalue weighted by Gasteiger charge is -2.13. The molecular formula is C10H12ClNO4. The summed E-state index contributed by atoms with van der Waals surface area (Å²) in [7, 11) is 2.96. The number of hydrogen-bond donors (Lipinski definition) is 0. The number of nitrogens with zero attached hydrogens (tertiary/aromatic N) is 1. The number of nitro benzene ring substituents is 1. The molecule has 0 saturated carbocycles. The predicted octanol–water partition coefficient (Wildman–Crippen LogP) is 2.41. The summed E-state index contributed by atoms with van der Waals surface area (Å²) in [5.74, 6) is 0. The van der Waals surface area contributed by atoms with Gasteiger partial charge in [0.05, 0.1) is 4.92 Å². The second kappa shape index (κ2) is 5.79. The van der Waals surface area contributed by atoms with Crippen molar-refractivity contribution >= 4 is 17.3 Å². The fourth-order valence-corrected chi connectivity index (χ4v) is 1.49. The summed E-state index contributed by atoms with van der Waals surface area (Å²) in [5.41, 5.74) is 0.509. The van der Waals surface area contributed by atoms with Gasteiger partial charge in [-0.15, -0.1) is 0 Å². The van der Waals surface area contributed by atoms with Gasteiger partial charge in [0.15, 0.2) is 6.29 Å². The molecule has 0 aliphatic carbocycles. The summed E-state index contributed by atoms with van der Waals surface area (Å²) >= 11 is 5.70. The van der Waals surface area contributed by atoms with Crippen molar-refractivity contribution in [1.82, 2.24) is 0 Å². The van der Waals surface area contributed by atoms with Gasteiger partial charge in [-0.25, -0.2) is 0 Å². The molecule has 0 heterocycles. The van der Waals surface area contributed by atoms with Gasteiger partial charge < -0.3 is 9.47 Å². The average molecular weight is 246 g/mol. The molecule has 1 rings (SSSR count). The van der Waals surface area contributed by atoms with Crippen molar-refractivity contribution in [1.29, 1.82) is 0 Å². The van der Waals surface area contributed by atoms with Gasteiger partial charge in [-0.05, 0) is 6.07 Å². The van der Waals surface area contributed by atoms with Gasteiger partial charge in [0.2, 0.25) is 0 Å². The summed E-state index contributed by atoms with van der Waals surface area (Å²) in [6.45, 7) is 0. The first kappa shape index (κ1) is 12.9. The topological polar surface area (TPSA) is 61.6 Å². The van der Waals surface area contributed by atoms with Gasteiger partial charge in [0, 0.05) is 37.3 Å². The lowest BCUT2D eigenvalue weighted by molar-refractivity contribution is -0.385. The van der Waals surface area contributed by atoms with Gasteiger partial charge in [0.25, 0.3) is 5.69 Å². The molecule has 0 N–H and O–H groups in total. The third kappa shape index (κ3) is 3.16. The Kier molecular flexibility index (Phi) is 4.67. The smallest absolute Gasteiger partial charge is 0.274 e. The summed E-state index contributed by atoms with van der Waals surface area (Å²) in [6.07, 6.45) is -0.194. The fourth-order valence-electron chi connectivity index (χ4n) is 1.32. The first-order valence-electron chi connectivity index (χ1n) is 4.57. The standard InChI is InChI=1S/C10H12ClNO4/c1-15-10(16-2)5-7-3-4-8(11)6-9(7)12(13)14/h3-4,6,10H,5H2,1-2H3. The Morgan fingerprint density at radius 1 is 1.44 bits per heavy atom. The van der Waals surface area contributed by atoms with Crippen LogP contribution < -0.4 is 0 Å². The van der Waals surface area contributed by atoms with Crippen LogP contribution in [-0.2, 0) is 15.9 Å². The molecule has 0 aliphatic rings. The molecule has 1 aromatic carbocycles. The van der Waals surface area contributed by atoms with E-state index in [2.05, 4.69) is 0 Å². The molecule has 0 radical (unpaired) electrons. The van der Waals surface area contributed by atoms with E-state index in [1.54, 1.807) is 12.1 Å². The molecule has 0 aliphatic heterocycles. The molecule has 1 aromatic rings. The molecule has 6 heteroatoms. The highest BCUT2D eigenvalue weighted by Crippen LogP contribution is 2.24. The van der Waals surface area contributed by atoms with Crippen LogP contribution in [0.5, 0.6) is 0 Å². The van der Waals surface area contributed by atoms with Crippen molar-refractivity contribution in [3.63, 3.8) is 0 Å². The normalized spacial score (nSPS) is 10.8. The number of rotatable bonds is 5. The highest BCUT2D eigenvalue weighted by molar-refractivity contribution is 6.30. The van der Waals surface area contributed by atoms with Crippen LogP contribution in [-0.4, -0.2) is 25.4 Å². The SMILES string of the molecule is COC(Cc1ccc(Cl)cc1[N+](=O)[O-])OC. The number of hydrogen-bond acceptors (Lipinski definition) is 4. The number of methoxy groups -OCH3 is 2. The van der Waals surface area contributed by atoms with Crippen molar-refractivity contribution in [2.45, 2.75) is 12.7 Å². The molecule has 0 fully saturated rings. The highest BCUT2D eigenvalue weighted by atomic mass is 35.5. The van der Waals surface area contributed by atoms with Gasteiger partial charge >= 0.3 is 0 Å². The van der Waals surface area contributed by atoms with E-state index in [4.69, 9.17) is 21.1 Å². The van der Waals surface area contributed by atoms with E-state index in [0.29, 0.717) is 17.0 Å². The average Bonchev–Trinajstić information content (AvgIpc) is 2.27. The van der Waals surface area contributed by atoms with Crippen LogP contribution in [0.15, 0.2) is 18.2 Å². The van der Waals surface area contributed by atoms with E-state index in [-0.39, 0.29) is 5.69 Å². The van der Waals surface area contributed by atoms with Crippen molar-refractivity contribution in [2.75, 3.05) is 14.2 Å². The molecule has 88 valence electrons. The van der Waals surface area contributed by atoms with Crippen LogP contribution in [0.1, 0.15) is 5.56 Å². The quantitative estimate of drug-likeness (QED) is 0.454. The molecular weight excluding hydrogens is 234 g/mol.